The second kappa shape index (κ2) is 4.32. The molecule has 102 valence electrons. The highest BCUT2D eigenvalue weighted by Crippen LogP contribution is 2.51. The average molecular weight is 259 g/mol. The van der Waals surface area contributed by atoms with E-state index in [1.54, 1.807) is 13.8 Å². The van der Waals surface area contributed by atoms with E-state index in [-0.39, 0.29) is 11.8 Å². The highest BCUT2D eigenvalue weighted by Gasteiger charge is 2.40. The van der Waals surface area contributed by atoms with Crippen molar-refractivity contribution >= 4 is 11.8 Å². The molecule has 0 aromatic carbocycles. The summed E-state index contributed by atoms with van der Waals surface area (Å²) in [6, 6.07) is 0. The highest BCUT2D eigenvalue weighted by atomic mass is 16.2. The molecule has 1 saturated carbocycles. The number of allylic oxidation sites excluding steroid dienone is 2. The lowest BCUT2D eigenvalue weighted by atomic mass is 9.83. The first-order valence-electron chi connectivity index (χ1n) is 7.25. The highest BCUT2D eigenvalue weighted by molar-refractivity contribution is 6.18. The molecule has 0 aromatic heterocycles. The van der Waals surface area contributed by atoms with Crippen LogP contribution in [0, 0.1) is 11.3 Å². The van der Waals surface area contributed by atoms with E-state index < -0.39 is 0 Å². The lowest BCUT2D eigenvalue weighted by molar-refractivity contribution is -0.137. The third-order valence-corrected chi connectivity index (χ3v) is 5.15. The monoisotopic (exact) mass is 259 g/mol. The minimum absolute atomic E-state index is 0.0914. The molecule has 2 aliphatic carbocycles. The summed E-state index contributed by atoms with van der Waals surface area (Å²) in [5, 5.41) is 0. The second-order valence-electron chi connectivity index (χ2n) is 6.34. The average Bonchev–Trinajstić information content (AvgIpc) is 3.05. The van der Waals surface area contributed by atoms with Crippen LogP contribution >= 0.6 is 0 Å². The van der Waals surface area contributed by atoms with Gasteiger partial charge in [0.25, 0.3) is 11.8 Å². The summed E-state index contributed by atoms with van der Waals surface area (Å²) >= 11 is 0. The maximum absolute atomic E-state index is 11.9. The van der Waals surface area contributed by atoms with Crippen LogP contribution in [0.4, 0.5) is 0 Å². The maximum atomic E-state index is 11.9. The molecule has 0 N–H and O–H groups in total. The fourth-order valence-electron chi connectivity index (χ4n) is 3.78. The third kappa shape index (κ3) is 1.96. The molecule has 0 saturated heterocycles. The molecule has 1 fully saturated rings. The summed E-state index contributed by atoms with van der Waals surface area (Å²) in [5.74, 6) is 0.610. The van der Waals surface area contributed by atoms with Crippen molar-refractivity contribution < 1.29 is 9.59 Å². The zero-order chi connectivity index (χ0) is 13.6. The van der Waals surface area contributed by atoms with Gasteiger partial charge in [0.2, 0.25) is 0 Å². The molecule has 3 aliphatic rings. The Balaban J connectivity index is 1.56. The van der Waals surface area contributed by atoms with Gasteiger partial charge < -0.3 is 0 Å². The van der Waals surface area contributed by atoms with Gasteiger partial charge in [-0.15, -0.1) is 0 Å². The minimum atomic E-state index is -0.0914. The predicted molar refractivity (Wildman–Crippen MR) is 73.2 cm³/mol. The maximum Gasteiger partial charge on any atom is 0.256 e. The normalized spacial score (nSPS) is 33.2. The zero-order valence-corrected chi connectivity index (χ0v) is 11.7. The molecule has 3 nitrogen and oxygen atoms in total. The van der Waals surface area contributed by atoms with Gasteiger partial charge in [0, 0.05) is 17.7 Å². The molecule has 0 aromatic rings. The summed E-state index contributed by atoms with van der Waals surface area (Å²) in [6.45, 7) is 4.07. The van der Waals surface area contributed by atoms with E-state index in [0.29, 0.717) is 23.1 Å². The fourth-order valence-corrected chi connectivity index (χ4v) is 3.78. The molecular weight excluding hydrogens is 238 g/mol. The van der Waals surface area contributed by atoms with Crippen LogP contribution in [0.5, 0.6) is 0 Å². The van der Waals surface area contributed by atoms with Crippen molar-refractivity contribution in [3.63, 3.8) is 0 Å². The van der Waals surface area contributed by atoms with E-state index in [9.17, 15) is 9.59 Å². The number of hydrogen-bond acceptors (Lipinski definition) is 2. The third-order valence-electron chi connectivity index (χ3n) is 5.15. The topological polar surface area (TPSA) is 37.4 Å². The van der Waals surface area contributed by atoms with Crippen molar-refractivity contribution in [2.24, 2.45) is 11.3 Å². The Morgan fingerprint density at radius 2 is 1.95 bits per heavy atom. The molecule has 2 bridgehead atoms. The second-order valence-corrected chi connectivity index (χ2v) is 6.34. The Bertz CT molecular complexity index is 479. The molecule has 2 atom stereocenters. The summed E-state index contributed by atoms with van der Waals surface area (Å²) in [7, 11) is 0. The molecule has 0 spiro atoms. The van der Waals surface area contributed by atoms with Crippen molar-refractivity contribution in [2.45, 2.75) is 46.0 Å². The lowest BCUT2D eigenvalue weighted by Crippen LogP contribution is -2.33. The van der Waals surface area contributed by atoms with E-state index >= 15 is 0 Å². The van der Waals surface area contributed by atoms with Crippen LogP contribution in [0.3, 0.4) is 0 Å². The number of imide groups is 1. The van der Waals surface area contributed by atoms with E-state index in [2.05, 4.69) is 12.2 Å². The summed E-state index contributed by atoms with van der Waals surface area (Å²) < 4.78 is 0. The van der Waals surface area contributed by atoms with Crippen LogP contribution in [0.15, 0.2) is 23.3 Å². The molecule has 2 amide bonds. The van der Waals surface area contributed by atoms with Gasteiger partial charge >= 0.3 is 0 Å². The zero-order valence-electron chi connectivity index (χ0n) is 11.7. The van der Waals surface area contributed by atoms with Crippen molar-refractivity contribution in [3.8, 4) is 0 Å². The van der Waals surface area contributed by atoms with E-state index in [1.165, 1.54) is 24.2 Å². The van der Waals surface area contributed by atoms with Gasteiger partial charge in [0.15, 0.2) is 0 Å². The quantitative estimate of drug-likeness (QED) is 0.575. The molecule has 0 radical (unpaired) electrons. The molecule has 2 unspecified atom stereocenters. The van der Waals surface area contributed by atoms with Crippen LogP contribution in [0.1, 0.15) is 46.0 Å². The Morgan fingerprint density at radius 1 is 1.26 bits per heavy atom. The number of rotatable bonds is 4. The molecule has 1 heterocycles. The standard InChI is InChI=1S/C16H21NO2/c1-11-12(2)15(19)17(14(11)18)9-3-6-16-7-4-13(10-16)5-8-16/h4,7,13H,3,5-6,8-10H2,1-2H3. The van der Waals surface area contributed by atoms with Crippen molar-refractivity contribution in [1.29, 1.82) is 0 Å². The minimum Gasteiger partial charge on any atom is -0.275 e. The SMILES string of the molecule is CC1=C(C)C(=O)N(CCCC23C=CC(CC2)C3)C1=O. The molecule has 1 aliphatic heterocycles. The first-order valence-corrected chi connectivity index (χ1v) is 7.25. The van der Waals surface area contributed by atoms with Crippen LogP contribution < -0.4 is 0 Å². The Labute approximate surface area is 114 Å². The largest absolute Gasteiger partial charge is 0.275 e. The summed E-state index contributed by atoms with van der Waals surface area (Å²) in [6.07, 6.45) is 10.6. The van der Waals surface area contributed by atoms with E-state index in [0.717, 1.165) is 18.8 Å². The van der Waals surface area contributed by atoms with Gasteiger partial charge in [0.1, 0.15) is 0 Å². The number of nitrogens with zero attached hydrogens (tertiary/aromatic N) is 1. The van der Waals surface area contributed by atoms with Gasteiger partial charge in [-0.2, -0.15) is 0 Å². The molecular formula is C16H21NO2. The van der Waals surface area contributed by atoms with Crippen LogP contribution in [-0.2, 0) is 9.59 Å². The molecule has 3 rings (SSSR count). The van der Waals surface area contributed by atoms with E-state index in [1.807, 2.05) is 0 Å². The van der Waals surface area contributed by atoms with Crippen LogP contribution in [0.25, 0.3) is 0 Å². The van der Waals surface area contributed by atoms with Gasteiger partial charge in [-0.3, -0.25) is 14.5 Å². The number of amides is 2. The lowest BCUT2D eigenvalue weighted by Gasteiger charge is -2.24. The Hall–Kier alpha value is -1.38. The van der Waals surface area contributed by atoms with Gasteiger partial charge in [0.05, 0.1) is 0 Å². The van der Waals surface area contributed by atoms with E-state index in [4.69, 9.17) is 0 Å². The van der Waals surface area contributed by atoms with Crippen LogP contribution in [0.2, 0.25) is 0 Å². The number of hydrogen-bond donors (Lipinski definition) is 0. The number of carbonyl (C=O) groups is 2. The van der Waals surface area contributed by atoms with Crippen LogP contribution in [-0.4, -0.2) is 23.3 Å². The van der Waals surface area contributed by atoms with Gasteiger partial charge in [-0.05, 0) is 57.3 Å². The number of fused-ring (bicyclic) bond motifs is 2. The number of carbonyl (C=O) groups excluding carboxylic acids is 2. The molecule has 19 heavy (non-hydrogen) atoms. The van der Waals surface area contributed by atoms with Crippen molar-refractivity contribution in [3.05, 3.63) is 23.3 Å². The van der Waals surface area contributed by atoms with Gasteiger partial charge in [-0.1, -0.05) is 12.2 Å². The Kier molecular flexibility index (Phi) is 2.88. The summed E-state index contributed by atoms with van der Waals surface area (Å²) in [4.78, 5) is 25.3. The van der Waals surface area contributed by atoms with Crippen molar-refractivity contribution in [1.82, 2.24) is 4.90 Å². The fraction of sp³-hybridized carbons (Fsp3) is 0.625. The smallest absolute Gasteiger partial charge is 0.256 e. The summed E-state index contributed by atoms with van der Waals surface area (Å²) in [5.41, 5.74) is 1.61. The first kappa shape index (κ1) is 12.6. The Morgan fingerprint density at radius 3 is 2.42 bits per heavy atom. The van der Waals surface area contributed by atoms with Crippen molar-refractivity contribution in [2.75, 3.05) is 6.54 Å². The first-order chi connectivity index (χ1) is 9.02. The molecule has 3 heteroatoms. The predicted octanol–water partition coefficient (Wildman–Crippen LogP) is 2.83. The van der Waals surface area contributed by atoms with Gasteiger partial charge in [-0.25, -0.2) is 0 Å².